The summed E-state index contributed by atoms with van der Waals surface area (Å²) in [5.41, 5.74) is 6.64. The summed E-state index contributed by atoms with van der Waals surface area (Å²) in [7, 11) is 0. The maximum atomic E-state index is 11.1. The van der Waals surface area contributed by atoms with Crippen molar-refractivity contribution in [3.05, 3.63) is 81.9 Å². The van der Waals surface area contributed by atoms with Gasteiger partial charge in [-0.2, -0.15) is 0 Å². The Hall–Kier alpha value is -3.40. The molecule has 0 saturated heterocycles. The zero-order valence-electron chi connectivity index (χ0n) is 24.4. The molecule has 3 aromatic rings. The average molecular weight is 513 g/mol. The molecule has 202 valence electrons. The van der Waals surface area contributed by atoms with E-state index in [0.717, 1.165) is 29.5 Å². The molecule has 0 aliphatic heterocycles. The number of hydrogen-bond acceptors (Lipinski definition) is 4. The summed E-state index contributed by atoms with van der Waals surface area (Å²) in [5.74, 6) is 0.517. The Morgan fingerprint density at radius 1 is 0.737 bits per heavy atom. The minimum absolute atomic E-state index is 0.0658. The van der Waals surface area contributed by atoms with Gasteiger partial charge < -0.3 is 10.2 Å². The van der Waals surface area contributed by atoms with Crippen molar-refractivity contribution in [3.63, 3.8) is 0 Å². The number of hydrogen-bond donors (Lipinski definition) is 2. The molecular weight excluding hydrogens is 468 g/mol. The van der Waals surface area contributed by atoms with Crippen LogP contribution in [0.2, 0.25) is 0 Å². The number of nitrogens with zero attached hydrogens (tertiary/aromatic N) is 2. The van der Waals surface area contributed by atoms with Crippen LogP contribution in [0, 0.1) is 6.92 Å². The number of rotatable bonds is 8. The second-order valence-corrected chi connectivity index (χ2v) is 12.3. The summed E-state index contributed by atoms with van der Waals surface area (Å²) in [6.07, 6.45) is 7.94. The Bertz CT molecular complexity index is 1320. The molecule has 0 aliphatic carbocycles. The highest BCUT2D eigenvalue weighted by Gasteiger charge is 2.24. The second kappa shape index (κ2) is 12.0. The van der Waals surface area contributed by atoms with Gasteiger partial charge in [0.15, 0.2) is 0 Å². The molecule has 0 fully saturated rings. The van der Waals surface area contributed by atoms with Crippen molar-refractivity contribution in [1.29, 1.82) is 0 Å². The van der Waals surface area contributed by atoms with Crippen LogP contribution in [0.15, 0.2) is 58.5 Å². The van der Waals surface area contributed by atoms with Gasteiger partial charge in [0, 0.05) is 29.1 Å². The average Bonchev–Trinajstić information content (AvgIpc) is 2.83. The minimum Gasteiger partial charge on any atom is -0.507 e. The van der Waals surface area contributed by atoms with E-state index >= 15 is 0 Å². The number of benzene rings is 3. The molecule has 2 N–H and O–H groups in total. The molecule has 0 aliphatic rings. The number of para-hydroxylation sites is 2. The Balaban J connectivity index is 1.98. The van der Waals surface area contributed by atoms with Gasteiger partial charge in [-0.15, -0.1) is 0 Å². The zero-order valence-corrected chi connectivity index (χ0v) is 24.4. The van der Waals surface area contributed by atoms with Gasteiger partial charge in [-0.3, -0.25) is 9.98 Å². The monoisotopic (exact) mass is 512 g/mol. The third-order valence-corrected chi connectivity index (χ3v) is 6.84. The summed E-state index contributed by atoms with van der Waals surface area (Å²) >= 11 is 0. The Kier molecular flexibility index (Phi) is 9.19. The third kappa shape index (κ3) is 7.34. The summed E-state index contributed by atoms with van der Waals surface area (Å²) in [6, 6.07) is 15.9. The molecule has 3 rings (SSSR count). The van der Waals surface area contributed by atoms with E-state index in [-0.39, 0.29) is 22.3 Å². The molecule has 3 aromatic carbocycles. The molecule has 0 amide bonds. The van der Waals surface area contributed by atoms with Gasteiger partial charge in [0.05, 0.1) is 11.4 Å². The third-order valence-electron chi connectivity index (χ3n) is 6.84. The van der Waals surface area contributed by atoms with E-state index in [1.165, 1.54) is 18.4 Å². The van der Waals surface area contributed by atoms with Gasteiger partial charge >= 0.3 is 0 Å². The van der Waals surface area contributed by atoms with Crippen LogP contribution in [-0.2, 0) is 17.3 Å². The standard InChI is InChI=1S/C34H44N2O2/c1-9-10-11-14-24-17-23(2)31(37)25(18-24)21-35-29-15-12-13-16-30(29)36-22-26-19-27(33(3,4)5)20-28(32(26)38)34(6,7)8/h12-13,15-22,37-38H,9-11,14H2,1-8H3. The van der Waals surface area contributed by atoms with Crippen molar-refractivity contribution in [2.45, 2.75) is 91.9 Å². The summed E-state index contributed by atoms with van der Waals surface area (Å²) < 4.78 is 0. The Morgan fingerprint density at radius 3 is 1.84 bits per heavy atom. The lowest BCUT2D eigenvalue weighted by molar-refractivity contribution is 0.444. The molecular formula is C34H44N2O2. The van der Waals surface area contributed by atoms with Gasteiger partial charge in [0.25, 0.3) is 0 Å². The molecule has 4 heteroatoms. The number of aryl methyl sites for hydroxylation is 2. The van der Waals surface area contributed by atoms with Crippen LogP contribution < -0.4 is 0 Å². The van der Waals surface area contributed by atoms with Crippen LogP contribution in [0.25, 0.3) is 0 Å². The van der Waals surface area contributed by atoms with Crippen molar-refractivity contribution < 1.29 is 10.2 Å². The van der Waals surface area contributed by atoms with Crippen LogP contribution in [0.5, 0.6) is 11.5 Å². The van der Waals surface area contributed by atoms with E-state index < -0.39 is 0 Å². The molecule has 0 unspecified atom stereocenters. The highest BCUT2D eigenvalue weighted by Crippen LogP contribution is 2.37. The maximum Gasteiger partial charge on any atom is 0.128 e. The summed E-state index contributed by atoms with van der Waals surface area (Å²) in [4.78, 5) is 9.45. The van der Waals surface area contributed by atoms with E-state index in [1.54, 1.807) is 12.4 Å². The highest BCUT2D eigenvalue weighted by atomic mass is 16.3. The van der Waals surface area contributed by atoms with Gasteiger partial charge in [0.2, 0.25) is 0 Å². The van der Waals surface area contributed by atoms with Crippen LogP contribution in [-0.4, -0.2) is 22.6 Å². The Labute approximate surface area is 229 Å². The fourth-order valence-corrected chi connectivity index (χ4v) is 4.43. The minimum atomic E-state index is -0.207. The summed E-state index contributed by atoms with van der Waals surface area (Å²) in [6.45, 7) is 17.0. The lowest BCUT2D eigenvalue weighted by Crippen LogP contribution is -2.17. The number of phenolic OH excluding ortho intramolecular Hbond substituents is 2. The van der Waals surface area contributed by atoms with E-state index in [4.69, 9.17) is 9.98 Å². The van der Waals surface area contributed by atoms with E-state index in [9.17, 15) is 10.2 Å². The fraction of sp³-hybridized carbons (Fsp3) is 0.412. The smallest absolute Gasteiger partial charge is 0.128 e. The normalized spacial score (nSPS) is 12.6. The Morgan fingerprint density at radius 2 is 1.32 bits per heavy atom. The summed E-state index contributed by atoms with van der Waals surface area (Å²) in [5, 5.41) is 21.8. The first-order valence-corrected chi connectivity index (χ1v) is 13.7. The first-order valence-electron chi connectivity index (χ1n) is 13.7. The predicted octanol–water partition coefficient (Wildman–Crippen LogP) is 9.24. The topological polar surface area (TPSA) is 65.2 Å². The van der Waals surface area contributed by atoms with Crippen molar-refractivity contribution >= 4 is 23.8 Å². The molecule has 0 bridgehead atoms. The predicted molar refractivity (Wildman–Crippen MR) is 163 cm³/mol. The van der Waals surface area contributed by atoms with Gasteiger partial charge in [0.1, 0.15) is 11.5 Å². The SMILES string of the molecule is CCCCCc1cc(C)c(O)c(C=Nc2ccccc2N=Cc2cc(C(C)(C)C)cc(C(C)(C)C)c2O)c1. The molecule has 0 atom stereocenters. The maximum absolute atomic E-state index is 11.1. The number of unbranched alkanes of at least 4 members (excludes halogenated alkanes) is 2. The molecule has 0 aromatic heterocycles. The molecule has 38 heavy (non-hydrogen) atoms. The fourth-order valence-electron chi connectivity index (χ4n) is 4.43. The van der Waals surface area contributed by atoms with Crippen molar-refractivity contribution in [2.24, 2.45) is 9.98 Å². The van der Waals surface area contributed by atoms with Crippen molar-refractivity contribution in [2.75, 3.05) is 0 Å². The van der Waals surface area contributed by atoms with Gasteiger partial charge in [-0.1, -0.05) is 85.6 Å². The molecule has 0 heterocycles. The lowest BCUT2D eigenvalue weighted by atomic mass is 9.79. The van der Waals surface area contributed by atoms with Crippen molar-refractivity contribution in [3.8, 4) is 11.5 Å². The lowest BCUT2D eigenvalue weighted by Gasteiger charge is -2.27. The highest BCUT2D eigenvalue weighted by molar-refractivity contribution is 5.90. The molecule has 0 radical (unpaired) electrons. The molecule has 0 spiro atoms. The molecule has 4 nitrogen and oxygen atoms in total. The van der Waals surface area contributed by atoms with Crippen LogP contribution in [0.1, 0.15) is 101 Å². The number of aliphatic imine (C=N–C) groups is 2. The van der Waals surface area contributed by atoms with E-state index in [2.05, 4.69) is 60.6 Å². The number of aromatic hydroxyl groups is 2. The van der Waals surface area contributed by atoms with Gasteiger partial charge in [-0.05, 0) is 71.6 Å². The number of phenols is 2. The second-order valence-electron chi connectivity index (χ2n) is 12.3. The van der Waals surface area contributed by atoms with Crippen LogP contribution in [0.3, 0.4) is 0 Å². The molecule has 0 saturated carbocycles. The first-order chi connectivity index (χ1) is 17.8. The van der Waals surface area contributed by atoms with Crippen molar-refractivity contribution in [1.82, 2.24) is 0 Å². The van der Waals surface area contributed by atoms with Gasteiger partial charge in [-0.25, -0.2) is 0 Å². The van der Waals surface area contributed by atoms with E-state index in [0.29, 0.717) is 22.5 Å². The quantitative estimate of drug-likeness (QED) is 0.233. The van der Waals surface area contributed by atoms with E-state index in [1.807, 2.05) is 43.3 Å². The first kappa shape index (κ1) is 29.2. The van der Waals surface area contributed by atoms with Crippen LogP contribution >= 0.6 is 0 Å². The zero-order chi connectivity index (χ0) is 28.1. The van der Waals surface area contributed by atoms with Crippen LogP contribution in [0.4, 0.5) is 11.4 Å². The largest absolute Gasteiger partial charge is 0.507 e.